The minimum absolute atomic E-state index is 0.0978. The van der Waals surface area contributed by atoms with Gasteiger partial charge in [0, 0.05) is 31.2 Å². The fourth-order valence-electron chi connectivity index (χ4n) is 3.16. The number of hydrogen-bond acceptors (Lipinski definition) is 5. The van der Waals surface area contributed by atoms with Crippen LogP contribution in [0.3, 0.4) is 0 Å². The number of nitrogens with zero attached hydrogens (tertiary/aromatic N) is 2. The summed E-state index contributed by atoms with van der Waals surface area (Å²) in [5, 5.41) is 0.360. The van der Waals surface area contributed by atoms with Crippen molar-refractivity contribution in [3.63, 3.8) is 0 Å². The maximum absolute atomic E-state index is 13.1. The quantitative estimate of drug-likeness (QED) is 0.731. The Hall–Kier alpha value is -1.96. The smallest absolute Gasteiger partial charge is 0.246 e. The Balaban J connectivity index is 1.79. The highest BCUT2D eigenvalue weighted by Crippen LogP contribution is 2.32. The van der Waals surface area contributed by atoms with Gasteiger partial charge in [-0.05, 0) is 37.3 Å². The molecule has 0 saturated carbocycles. The minimum atomic E-state index is -3.69. The van der Waals surface area contributed by atoms with Gasteiger partial charge in [0.2, 0.25) is 10.0 Å². The third-order valence-electron chi connectivity index (χ3n) is 4.49. The molecular formula is C19H23ClN2O4S. The Morgan fingerprint density at radius 1 is 1.04 bits per heavy atom. The molecule has 27 heavy (non-hydrogen) atoms. The normalized spacial score (nSPS) is 15.6. The molecule has 2 aromatic rings. The lowest BCUT2D eigenvalue weighted by Crippen LogP contribution is -2.48. The summed E-state index contributed by atoms with van der Waals surface area (Å²) in [7, 11) is -2.24. The molecule has 0 amide bonds. The van der Waals surface area contributed by atoms with Crippen LogP contribution in [0, 0.1) is 0 Å². The zero-order valence-electron chi connectivity index (χ0n) is 15.4. The summed E-state index contributed by atoms with van der Waals surface area (Å²) in [6.07, 6.45) is 0. The van der Waals surface area contributed by atoms with Gasteiger partial charge in [0.15, 0.2) is 0 Å². The van der Waals surface area contributed by atoms with Gasteiger partial charge in [-0.2, -0.15) is 4.31 Å². The van der Waals surface area contributed by atoms with Crippen LogP contribution in [0.2, 0.25) is 5.02 Å². The number of anilines is 1. The van der Waals surface area contributed by atoms with E-state index in [4.69, 9.17) is 21.1 Å². The molecule has 1 fully saturated rings. The Labute approximate surface area is 165 Å². The number of piperazine rings is 1. The van der Waals surface area contributed by atoms with Gasteiger partial charge in [-0.15, -0.1) is 0 Å². The van der Waals surface area contributed by atoms with Crippen LogP contribution in [-0.4, -0.2) is 52.6 Å². The van der Waals surface area contributed by atoms with Crippen LogP contribution in [0.25, 0.3) is 0 Å². The number of sulfonamides is 1. The molecule has 1 aliphatic rings. The highest BCUT2D eigenvalue weighted by Gasteiger charge is 2.31. The Morgan fingerprint density at radius 3 is 2.41 bits per heavy atom. The van der Waals surface area contributed by atoms with E-state index >= 15 is 0 Å². The third-order valence-corrected chi connectivity index (χ3v) is 6.64. The SMILES string of the molecule is CCOc1ccccc1N1CCN(S(=O)(=O)c2cc(Cl)ccc2OC)CC1. The van der Waals surface area contributed by atoms with Gasteiger partial charge in [0.05, 0.1) is 19.4 Å². The largest absolute Gasteiger partial charge is 0.495 e. The van der Waals surface area contributed by atoms with Crippen molar-refractivity contribution in [3.05, 3.63) is 47.5 Å². The minimum Gasteiger partial charge on any atom is -0.495 e. The van der Waals surface area contributed by atoms with Crippen LogP contribution in [-0.2, 0) is 10.0 Å². The summed E-state index contributed by atoms with van der Waals surface area (Å²) in [6.45, 7) is 4.43. The molecule has 0 aromatic heterocycles. The summed E-state index contributed by atoms with van der Waals surface area (Å²) in [5.74, 6) is 1.11. The number of methoxy groups -OCH3 is 1. The number of ether oxygens (including phenoxy) is 2. The lowest BCUT2D eigenvalue weighted by molar-refractivity contribution is 0.336. The fraction of sp³-hybridized carbons (Fsp3) is 0.368. The van der Waals surface area contributed by atoms with Crippen molar-refractivity contribution in [3.8, 4) is 11.5 Å². The van der Waals surface area contributed by atoms with Gasteiger partial charge in [0.25, 0.3) is 0 Å². The first-order chi connectivity index (χ1) is 13.0. The monoisotopic (exact) mass is 410 g/mol. The number of halogens is 1. The van der Waals surface area contributed by atoms with Gasteiger partial charge < -0.3 is 14.4 Å². The molecule has 1 heterocycles. The van der Waals surface area contributed by atoms with E-state index < -0.39 is 10.0 Å². The van der Waals surface area contributed by atoms with Gasteiger partial charge >= 0.3 is 0 Å². The zero-order valence-corrected chi connectivity index (χ0v) is 17.0. The topological polar surface area (TPSA) is 59.1 Å². The first kappa shape index (κ1) is 19.8. The van der Waals surface area contributed by atoms with E-state index in [-0.39, 0.29) is 4.90 Å². The fourth-order valence-corrected chi connectivity index (χ4v) is 5.00. The molecule has 3 rings (SSSR count). The number of para-hydroxylation sites is 2. The van der Waals surface area contributed by atoms with E-state index in [0.29, 0.717) is 43.6 Å². The van der Waals surface area contributed by atoms with Crippen molar-refractivity contribution >= 4 is 27.3 Å². The van der Waals surface area contributed by atoms with Crippen LogP contribution < -0.4 is 14.4 Å². The predicted octanol–water partition coefficient (Wildman–Crippen LogP) is 3.26. The lowest BCUT2D eigenvalue weighted by atomic mass is 10.2. The second kappa shape index (κ2) is 8.37. The Morgan fingerprint density at radius 2 is 1.74 bits per heavy atom. The van der Waals surface area contributed by atoms with Crippen LogP contribution in [0.4, 0.5) is 5.69 Å². The molecule has 0 bridgehead atoms. The third kappa shape index (κ3) is 4.15. The molecule has 1 saturated heterocycles. The second-order valence-electron chi connectivity index (χ2n) is 6.09. The van der Waals surface area contributed by atoms with Gasteiger partial charge in [0.1, 0.15) is 16.4 Å². The van der Waals surface area contributed by atoms with E-state index in [0.717, 1.165) is 11.4 Å². The zero-order chi connectivity index (χ0) is 19.4. The standard InChI is InChI=1S/C19H23ClN2O4S/c1-3-26-17-7-5-4-6-16(17)21-10-12-22(13-11-21)27(23,24)19-14-15(20)8-9-18(19)25-2/h4-9,14H,3,10-13H2,1-2H3. The molecule has 8 heteroatoms. The average Bonchev–Trinajstić information content (AvgIpc) is 2.69. The number of rotatable bonds is 6. The predicted molar refractivity (Wildman–Crippen MR) is 107 cm³/mol. The van der Waals surface area contributed by atoms with Crippen molar-refractivity contribution in [2.24, 2.45) is 0 Å². The molecular weight excluding hydrogens is 388 g/mol. The van der Waals surface area contributed by atoms with Crippen LogP contribution >= 0.6 is 11.6 Å². The molecule has 1 aliphatic heterocycles. The molecule has 0 atom stereocenters. The van der Waals surface area contributed by atoms with Gasteiger partial charge in [-0.3, -0.25) is 0 Å². The molecule has 0 aliphatic carbocycles. The first-order valence-corrected chi connectivity index (χ1v) is 10.6. The van der Waals surface area contributed by atoms with E-state index in [2.05, 4.69) is 4.90 Å². The molecule has 2 aromatic carbocycles. The summed E-state index contributed by atoms with van der Waals surface area (Å²) in [6, 6.07) is 12.4. The van der Waals surface area contributed by atoms with Crippen LogP contribution in [0.1, 0.15) is 6.92 Å². The summed E-state index contributed by atoms with van der Waals surface area (Å²) < 4.78 is 38.5. The Bertz CT molecular complexity index is 896. The van der Waals surface area contributed by atoms with Crippen molar-refractivity contribution in [2.75, 3.05) is 44.8 Å². The lowest BCUT2D eigenvalue weighted by Gasteiger charge is -2.36. The van der Waals surface area contributed by atoms with E-state index in [1.165, 1.54) is 17.5 Å². The maximum atomic E-state index is 13.1. The van der Waals surface area contributed by atoms with Crippen molar-refractivity contribution < 1.29 is 17.9 Å². The summed E-state index contributed by atoms with van der Waals surface area (Å²) in [4.78, 5) is 2.24. The summed E-state index contributed by atoms with van der Waals surface area (Å²) in [5.41, 5.74) is 0.983. The van der Waals surface area contributed by atoms with Gasteiger partial charge in [-0.25, -0.2) is 8.42 Å². The maximum Gasteiger partial charge on any atom is 0.246 e. The second-order valence-corrected chi connectivity index (χ2v) is 8.43. The number of hydrogen-bond donors (Lipinski definition) is 0. The molecule has 0 spiro atoms. The summed E-state index contributed by atoms with van der Waals surface area (Å²) >= 11 is 6.01. The van der Waals surface area contributed by atoms with Gasteiger partial charge in [-0.1, -0.05) is 23.7 Å². The molecule has 0 radical (unpaired) electrons. The van der Waals surface area contributed by atoms with Crippen molar-refractivity contribution in [2.45, 2.75) is 11.8 Å². The van der Waals surface area contributed by atoms with Crippen LogP contribution in [0.15, 0.2) is 47.4 Å². The van der Waals surface area contributed by atoms with Crippen molar-refractivity contribution in [1.29, 1.82) is 0 Å². The highest BCUT2D eigenvalue weighted by atomic mass is 35.5. The van der Waals surface area contributed by atoms with E-state index in [1.54, 1.807) is 12.1 Å². The molecule has 6 nitrogen and oxygen atoms in total. The van der Waals surface area contributed by atoms with E-state index in [1.807, 2.05) is 31.2 Å². The molecule has 0 unspecified atom stereocenters. The number of benzene rings is 2. The highest BCUT2D eigenvalue weighted by molar-refractivity contribution is 7.89. The molecule has 146 valence electrons. The van der Waals surface area contributed by atoms with Crippen molar-refractivity contribution in [1.82, 2.24) is 4.31 Å². The van der Waals surface area contributed by atoms with Crippen LogP contribution in [0.5, 0.6) is 11.5 Å². The van der Waals surface area contributed by atoms with E-state index in [9.17, 15) is 8.42 Å². The first-order valence-electron chi connectivity index (χ1n) is 8.78. The average molecular weight is 411 g/mol. The molecule has 0 N–H and O–H groups in total. The Kier molecular flexibility index (Phi) is 6.14.